The van der Waals surface area contributed by atoms with Crippen molar-refractivity contribution < 1.29 is 9.84 Å². The van der Waals surface area contributed by atoms with Gasteiger partial charge in [0.05, 0.1) is 12.2 Å². The van der Waals surface area contributed by atoms with Gasteiger partial charge in [-0.1, -0.05) is 30.8 Å². The SMILES string of the molecule is CCCOc1ccc(C2CC(O)Nc3nc(SC)[nH]c(=O)c32)cc1. The number of aromatic amines is 1. The molecule has 2 aromatic rings. The smallest absolute Gasteiger partial charge is 0.257 e. The minimum absolute atomic E-state index is 0.167. The van der Waals surface area contributed by atoms with Crippen LogP contribution in [0.5, 0.6) is 5.75 Å². The zero-order valence-corrected chi connectivity index (χ0v) is 14.5. The van der Waals surface area contributed by atoms with Crippen LogP contribution in [0.2, 0.25) is 0 Å². The van der Waals surface area contributed by atoms with Gasteiger partial charge in [-0.3, -0.25) is 4.79 Å². The van der Waals surface area contributed by atoms with Crippen molar-refractivity contribution in [3.8, 4) is 5.75 Å². The largest absolute Gasteiger partial charge is 0.494 e. The van der Waals surface area contributed by atoms with Gasteiger partial charge in [0.25, 0.3) is 5.56 Å². The van der Waals surface area contributed by atoms with Crippen molar-refractivity contribution in [3.63, 3.8) is 0 Å². The molecule has 2 atom stereocenters. The second kappa shape index (κ2) is 7.27. The summed E-state index contributed by atoms with van der Waals surface area (Å²) in [6, 6.07) is 7.69. The number of H-pyrrole nitrogens is 1. The number of nitrogens with zero attached hydrogens (tertiary/aromatic N) is 1. The lowest BCUT2D eigenvalue weighted by Crippen LogP contribution is -2.34. The van der Waals surface area contributed by atoms with Crippen molar-refractivity contribution in [2.75, 3.05) is 18.2 Å². The molecule has 0 amide bonds. The third-order valence-corrected chi connectivity index (χ3v) is 4.57. The third-order valence-electron chi connectivity index (χ3n) is 3.99. The molecule has 1 aliphatic rings. The van der Waals surface area contributed by atoms with E-state index in [9.17, 15) is 9.90 Å². The molecule has 0 fully saturated rings. The Morgan fingerprint density at radius 3 is 2.79 bits per heavy atom. The molecular formula is C17H21N3O3S. The number of ether oxygens (including phenoxy) is 1. The van der Waals surface area contributed by atoms with Crippen molar-refractivity contribution in [1.29, 1.82) is 0 Å². The zero-order chi connectivity index (χ0) is 17.1. The van der Waals surface area contributed by atoms with Gasteiger partial charge in [-0.25, -0.2) is 4.98 Å². The summed E-state index contributed by atoms with van der Waals surface area (Å²) in [4.78, 5) is 19.7. The number of nitrogens with one attached hydrogen (secondary N) is 2. The predicted molar refractivity (Wildman–Crippen MR) is 95.0 cm³/mol. The third kappa shape index (κ3) is 3.42. The Kier molecular flexibility index (Phi) is 5.11. The van der Waals surface area contributed by atoms with E-state index in [-0.39, 0.29) is 11.5 Å². The molecule has 0 saturated heterocycles. The van der Waals surface area contributed by atoms with Gasteiger partial charge >= 0.3 is 0 Å². The van der Waals surface area contributed by atoms with Crippen LogP contribution in [-0.2, 0) is 0 Å². The Morgan fingerprint density at radius 2 is 2.12 bits per heavy atom. The highest BCUT2D eigenvalue weighted by molar-refractivity contribution is 7.98. The Labute approximate surface area is 144 Å². The van der Waals surface area contributed by atoms with Crippen LogP contribution in [0.25, 0.3) is 0 Å². The number of hydrogen-bond acceptors (Lipinski definition) is 6. The number of aliphatic hydroxyl groups is 1. The van der Waals surface area contributed by atoms with Gasteiger partial charge in [0.1, 0.15) is 17.8 Å². The van der Waals surface area contributed by atoms with Crippen molar-refractivity contribution in [3.05, 3.63) is 45.7 Å². The maximum absolute atomic E-state index is 12.5. The lowest BCUT2D eigenvalue weighted by molar-refractivity contribution is 0.181. The van der Waals surface area contributed by atoms with E-state index in [0.717, 1.165) is 17.7 Å². The number of aliphatic hydroxyl groups excluding tert-OH is 1. The quantitative estimate of drug-likeness (QED) is 0.569. The summed E-state index contributed by atoms with van der Waals surface area (Å²) < 4.78 is 5.60. The van der Waals surface area contributed by atoms with Crippen LogP contribution in [0.4, 0.5) is 5.82 Å². The second-order valence-electron chi connectivity index (χ2n) is 5.70. The van der Waals surface area contributed by atoms with E-state index in [2.05, 4.69) is 22.2 Å². The summed E-state index contributed by atoms with van der Waals surface area (Å²) in [5, 5.41) is 13.5. The summed E-state index contributed by atoms with van der Waals surface area (Å²) in [7, 11) is 0. The minimum atomic E-state index is -0.734. The number of aromatic nitrogens is 2. The first kappa shape index (κ1) is 16.9. The van der Waals surface area contributed by atoms with Gasteiger partial charge in [-0.05, 0) is 30.4 Å². The van der Waals surface area contributed by atoms with Gasteiger partial charge in [0.15, 0.2) is 5.16 Å². The fourth-order valence-corrected chi connectivity index (χ4v) is 3.25. The predicted octanol–water partition coefficient (Wildman–Crippen LogP) is 2.55. The zero-order valence-electron chi connectivity index (χ0n) is 13.7. The molecule has 1 aliphatic heterocycles. The second-order valence-corrected chi connectivity index (χ2v) is 6.50. The van der Waals surface area contributed by atoms with Crippen LogP contribution >= 0.6 is 11.8 Å². The maximum atomic E-state index is 12.5. The van der Waals surface area contributed by atoms with Gasteiger partial charge in [-0.15, -0.1) is 0 Å². The van der Waals surface area contributed by atoms with Crippen molar-refractivity contribution in [1.82, 2.24) is 9.97 Å². The molecule has 1 aromatic heterocycles. The molecule has 3 N–H and O–H groups in total. The molecule has 6 nitrogen and oxygen atoms in total. The fraction of sp³-hybridized carbons (Fsp3) is 0.412. The van der Waals surface area contributed by atoms with E-state index in [1.165, 1.54) is 11.8 Å². The summed E-state index contributed by atoms with van der Waals surface area (Å²) in [6.07, 6.45) is 2.48. The summed E-state index contributed by atoms with van der Waals surface area (Å²) >= 11 is 1.36. The van der Waals surface area contributed by atoms with Crippen LogP contribution < -0.4 is 15.6 Å². The molecule has 0 saturated carbocycles. The van der Waals surface area contributed by atoms with E-state index in [0.29, 0.717) is 29.6 Å². The van der Waals surface area contributed by atoms with E-state index in [1.807, 2.05) is 30.5 Å². The molecule has 7 heteroatoms. The van der Waals surface area contributed by atoms with Crippen LogP contribution in [0, 0.1) is 0 Å². The normalized spacial score (nSPS) is 19.5. The molecule has 0 aliphatic carbocycles. The van der Waals surface area contributed by atoms with Crippen LogP contribution in [0.1, 0.15) is 36.8 Å². The minimum Gasteiger partial charge on any atom is -0.494 e. The Hall–Kier alpha value is -1.99. The van der Waals surface area contributed by atoms with E-state index in [4.69, 9.17) is 4.74 Å². The first-order valence-corrected chi connectivity index (χ1v) is 9.20. The van der Waals surface area contributed by atoms with Crippen molar-refractivity contribution in [2.45, 2.75) is 37.1 Å². The Balaban J connectivity index is 1.96. The molecule has 0 radical (unpaired) electrons. The van der Waals surface area contributed by atoms with Gasteiger partial charge in [-0.2, -0.15) is 0 Å². The molecule has 0 bridgehead atoms. The molecule has 1 aromatic carbocycles. The summed E-state index contributed by atoms with van der Waals surface area (Å²) in [5.41, 5.74) is 1.37. The van der Waals surface area contributed by atoms with Crippen LogP contribution in [0.15, 0.2) is 34.2 Å². The number of hydrogen-bond donors (Lipinski definition) is 3. The standard InChI is InChI=1S/C17H21N3O3S/c1-3-8-23-11-6-4-10(5-7-11)12-9-13(21)18-15-14(12)16(22)20-17(19-15)24-2/h4-7,12-13,21H,3,8-9H2,1-2H3,(H2,18,19,20,22). The lowest BCUT2D eigenvalue weighted by atomic mass is 9.86. The average Bonchev–Trinajstić information content (AvgIpc) is 2.59. The Morgan fingerprint density at radius 1 is 1.38 bits per heavy atom. The van der Waals surface area contributed by atoms with Crippen molar-refractivity contribution in [2.24, 2.45) is 0 Å². The fourth-order valence-electron chi connectivity index (χ4n) is 2.87. The van der Waals surface area contributed by atoms with Gasteiger partial charge < -0.3 is 20.1 Å². The summed E-state index contributed by atoms with van der Waals surface area (Å²) in [5.74, 6) is 1.06. The van der Waals surface area contributed by atoms with E-state index < -0.39 is 6.23 Å². The number of thioether (sulfide) groups is 1. The average molecular weight is 347 g/mol. The first-order valence-electron chi connectivity index (χ1n) is 7.98. The molecule has 3 rings (SSSR count). The molecule has 24 heavy (non-hydrogen) atoms. The molecular weight excluding hydrogens is 326 g/mol. The molecule has 2 heterocycles. The lowest BCUT2D eigenvalue weighted by Gasteiger charge is -2.29. The Bertz CT molecular complexity index is 761. The van der Waals surface area contributed by atoms with Crippen molar-refractivity contribution >= 4 is 17.6 Å². The van der Waals surface area contributed by atoms with Gasteiger partial charge in [0.2, 0.25) is 0 Å². The highest BCUT2D eigenvalue weighted by atomic mass is 32.2. The summed E-state index contributed by atoms with van der Waals surface area (Å²) in [6.45, 7) is 2.74. The van der Waals surface area contributed by atoms with Gasteiger partial charge in [0, 0.05) is 12.3 Å². The van der Waals surface area contributed by atoms with Crippen LogP contribution in [0.3, 0.4) is 0 Å². The van der Waals surface area contributed by atoms with E-state index in [1.54, 1.807) is 0 Å². The first-order chi connectivity index (χ1) is 11.6. The van der Waals surface area contributed by atoms with E-state index >= 15 is 0 Å². The van der Waals surface area contributed by atoms with Crippen LogP contribution in [-0.4, -0.2) is 34.2 Å². The maximum Gasteiger partial charge on any atom is 0.257 e. The topological polar surface area (TPSA) is 87.2 Å². The molecule has 2 unspecified atom stereocenters. The number of fused-ring (bicyclic) bond motifs is 1. The number of rotatable bonds is 5. The molecule has 0 spiro atoms. The number of anilines is 1. The number of benzene rings is 1. The molecule has 128 valence electrons. The highest BCUT2D eigenvalue weighted by Crippen LogP contribution is 2.36. The highest BCUT2D eigenvalue weighted by Gasteiger charge is 2.30. The monoisotopic (exact) mass is 347 g/mol.